The zero-order chi connectivity index (χ0) is 26.4. The van der Waals surface area contributed by atoms with Gasteiger partial charge in [-0.05, 0) is 19.4 Å². The quantitative estimate of drug-likeness (QED) is 0.0877. The number of nitrogens with two attached hydrogens (primary N) is 3. The molecule has 16 heteroatoms. The van der Waals surface area contributed by atoms with Crippen LogP contribution in [0.5, 0.6) is 0 Å². The number of carboxylic acid groups (broad SMARTS) is 3. The Morgan fingerprint density at radius 2 is 1.12 bits per heavy atom. The maximum absolute atomic E-state index is 12.6. The lowest BCUT2D eigenvalue weighted by atomic mass is 10.1. The average Bonchev–Trinajstić information content (AvgIpc) is 2.71. The van der Waals surface area contributed by atoms with Crippen LogP contribution in [-0.4, -0.2) is 87.6 Å². The van der Waals surface area contributed by atoms with Crippen LogP contribution in [0.4, 0.5) is 0 Å². The van der Waals surface area contributed by atoms with Gasteiger partial charge in [-0.2, -0.15) is 0 Å². The van der Waals surface area contributed by atoms with Crippen molar-refractivity contribution in [3.05, 3.63) is 0 Å². The Kier molecular flexibility index (Phi) is 13.4. The predicted molar refractivity (Wildman–Crippen MR) is 113 cm³/mol. The van der Waals surface area contributed by atoms with E-state index in [0.29, 0.717) is 19.4 Å². The Morgan fingerprint density at radius 1 is 0.676 bits per heavy atom. The monoisotopic (exact) mass is 490 g/mol. The lowest BCUT2D eigenvalue weighted by Crippen LogP contribution is -2.58. The second-order valence-electron chi connectivity index (χ2n) is 7.28. The van der Waals surface area contributed by atoms with Gasteiger partial charge in [0.2, 0.25) is 23.6 Å². The molecular formula is C18H30N6O10. The Hall–Kier alpha value is -3.79. The molecule has 0 aromatic heterocycles. The fourth-order valence-electron chi connectivity index (χ4n) is 2.63. The molecule has 0 aliphatic rings. The van der Waals surface area contributed by atoms with Crippen molar-refractivity contribution in [1.82, 2.24) is 16.0 Å². The van der Waals surface area contributed by atoms with Crippen molar-refractivity contribution >= 4 is 41.5 Å². The number of primary amides is 1. The number of aliphatic carboxylic acids is 3. The fraction of sp³-hybridized carbons (Fsp3) is 0.611. The van der Waals surface area contributed by atoms with E-state index in [4.69, 9.17) is 32.5 Å². The molecule has 4 amide bonds. The molecule has 0 spiro atoms. The molecule has 0 saturated carbocycles. The molecule has 0 aromatic carbocycles. The third-order valence-electron chi connectivity index (χ3n) is 4.35. The first-order valence-electron chi connectivity index (χ1n) is 10.1. The lowest BCUT2D eigenvalue weighted by Gasteiger charge is -2.24. The van der Waals surface area contributed by atoms with E-state index in [9.17, 15) is 33.6 Å². The largest absolute Gasteiger partial charge is 0.481 e. The normalized spacial score (nSPS) is 14.1. The predicted octanol–water partition coefficient (Wildman–Crippen LogP) is -4.19. The minimum absolute atomic E-state index is 0.206. The van der Waals surface area contributed by atoms with Gasteiger partial charge in [0.25, 0.3) is 0 Å². The van der Waals surface area contributed by atoms with E-state index in [-0.39, 0.29) is 6.42 Å². The van der Waals surface area contributed by atoms with E-state index < -0.39 is 85.0 Å². The summed E-state index contributed by atoms with van der Waals surface area (Å²) in [5.74, 6) is -9.13. The SMILES string of the molecule is NCCCCC(N)C(=O)NC(CC(=O)O)C(=O)NC(CC(N)=O)C(=O)NC(CC(=O)O)C(=O)O. The van der Waals surface area contributed by atoms with Crippen LogP contribution in [0.25, 0.3) is 0 Å². The Bertz CT molecular complexity index is 789. The summed E-state index contributed by atoms with van der Waals surface area (Å²) in [5.41, 5.74) is 16.1. The molecule has 4 atom stereocenters. The second kappa shape index (κ2) is 15.1. The van der Waals surface area contributed by atoms with E-state index >= 15 is 0 Å². The molecule has 0 heterocycles. The Labute approximate surface area is 193 Å². The van der Waals surface area contributed by atoms with Crippen molar-refractivity contribution in [3.8, 4) is 0 Å². The highest BCUT2D eigenvalue weighted by atomic mass is 16.4. The minimum atomic E-state index is -1.89. The van der Waals surface area contributed by atoms with Crippen molar-refractivity contribution in [2.24, 2.45) is 17.2 Å². The van der Waals surface area contributed by atoms with E-state index in [1.54, 1.807) is 0 Å². The summed E-state index contributed by atoms with van der Waals surface area (Å²) in [4.78, 5) is 81.7. The summed E-state index contributed by atoms with van der Waals surface area (Å²) in [6.07, 6.45) is -1.45. The van der Waals surface area contributed by atoms with E-state index in [0.717, 1.165) is 0 Å². The topological polar surface area (TPSA) is 294 Å². The lowest BCUT2D eigenvalue weighted by molar-refractivity contribution is -0.147. The number of hydrogen-bond donors (Lipinski definition) is 9. The summed E-state index contributed by atoms with van der Waals surface area (Å²) in [7, 11) is 0. The molecule has 0 bridgehead atoms. The number of hydrogen-bond acceptors (Lipinski definition) is 9. The molecule has 0 aromatic rings. The summed E-state index contributed by atoms with van der Waals surface area (Å²) in [6.45, 7) is 0.372. The van der Waals surface area contributed by atoms with Gasteiger partial charge in [0, 0.05) is 0 Å². The van der Waals surface area contributed by atoms with Gasteiger partial charge in [0.05, 0.1) is 25.3 Å². The molecule has 0 fully saturated rings. The summed E-state index contributed by atoms with van der Waals surface area (Å²) in [5, 5.41) is 32.9. The fourth-order valence-corrected chi connectivity index (χ4v) is 2.63. The van der Waals surface area contributed by atoms with Gasteiger partial charge >= 0.3 is 17.9 Å². The van der Waals surface area contributed by atoms with E-state index in [1.807, 2.05) is 10.6 Å². The first-order chi connectivity index (χ1) is 15.8. The number of rotatable bonds is 17. The van der Waals surface area contributed by atoms with Gasteiger partial charge in [-0.25, -0.2) is 4.79 Å². The first kappa shape index (κ1) is 30.2. The first-order valence-corrected chi connectivity index (χ1v) is 10.1. The van der Waals surface area contributed by atoms with Gasteiger partial charge in [-0.3, -0.25) is 28.8 Å². The molecule has 0 aliphatic carbocycles. The molecule has 4 unspecified atom stereocenters. The minimum Gasteiger partial charge on any atom is -0.481 e. The molecule has 16 nitrogen and oxygen atoms in total. The van der Waals surface area contributed by atoms with Crippen LogP contribution in [0.3, 0.4) is 0 Å². The average molecular weight is 490 g/mol. The van der Waals surface area contributed by atoms with Gasteiger partial charge in [-0.15, -0.1) is 0 Å². The highest BCUT2D eigenvalue weighted by Crippen LogP contribution is 2.03. The third-order valence-corrected chi connectivity index (χ3v) is 4.35. The van der Waals surface area contributed by atoms with Crippen molar-refractivity contribution in [3.63, 3.8) is 0 Å². The van der Waals surface area contributed by atoms with Crippen molar-refractivity contribution in [2.75, 3.05) is 6.54 Å². The van der Waals surface area contributed by atoms with Crippen molar-refractivity contribution < 1.29 is 48.9 Å². The summed E-state index contributed by atoms with van der Waals surface area (Å²) < 4.78 is 0. The maximum Gasteiger partial charge on any atom is 0.326 e. The maximum atomic E-state index is 12.6. The molecule has 0 rings (SSSR count). The zero-order valence-electron chi connectivity index (χ0n) is 18.2. The molecule has 0 saturated heterocycles. The van der Waals surface area contributed by atoms with Gasteiger partial charge in [-0.1, -0.05) is 6.42 Å². The standard InChI is InChI=1S/C18H30N6O10/c19-4-2-1-3-8(20)15(30)22-10(6-13(26)27)17(32)23-9(5-12(21)25)16(31)24-11(18(33)34)7-14(28)29/h8-11H,1-7,19-20H2,(H2,21,25)(H,22,30)(H,23,32)(H,24,31)(H,26,27)(H,28,29)(H,33,34). The highest BCUT2D eigenvalue weighted by molar-refractivity contribution is 5.97. The number of unbranched alkanes of at least 4 members (excludes halogenated alkanes) is 1. The number of carboxylic acids is 3. The molecule has 0 radical (unpaired) electrons. The van der Waals surface area contributed by atoms with Crippen LogP contribution in [0.1, 0.15) is 38.5 Å². The van der Waals surface area contributed by atoms with E-state index in [2.05, 4.69) is 5.32 Å². The van der Waals surface area contributed by atoms with Crippen LogP contribution in [0.2, 0.25) is 0 Å². The van der Waals surface area contributed by atoms with Crippen LogP contribution in [0, 0.1) is 0 Å². The van der Waals surface area contributed by atoms with Crippen LogP contribution >= 0.6 is 0 Å². The Balaban J connectivity index is 5.48. The number of carbonyl (C=O) groups is 7. The number of amides is 4. The van der Waals surface area contributed by atoms with Crippen molar-refractivity contribution in [1.29, 1.82) is 0 Å². The molecule has 192 valence electrons. The summed E-state index contributed by atoms with van der Waals surface area (Å²) in [6, 6.07) is -6.46. The highest BCUT2D eigenvalue weighted by Gasteiger charge is 2.32. The smallest absolute Gasteiger partial charge is 0.326 e. The van der Waals surface area contributed by atoms with E-state index in [1.165, 1.54) is 0 Å². The van der Waals surface area contributed by atoms with Crippen LogP contribution in [0.15, 0.2) is 0 Å². The summed E-state index contributed by atoms with van der Waals surface area (Å²) >= 11 is 0. The molecule has 34 heavy (non-hydrogen) atoms. The second-order valence-corrected chi connectivity index (χ2v) is 7.28. The van der Waals surface area contributed by atoms with Crippen molar-refractivity contribution in [2.45, 2.75) is 62.7 Å². The van der Waals surface area contributed by atoms with Gasteiger partial charge in [0.15, 0.2) is 0 Å². The number of carbonyl (C=O) groups excluding carboxylic acids is 4. The van der Waals surface area contributed by atoms with Gasteiger partial charge < -0.3 is 48.5 Å². The molecule has 12 N–H and O–H groups in total. The van der Waals surface area contributed by atoms with Gasteiger partial charge in [0.1, 0.15) is 18.1 Å². The van der Waals surface area contributed by atoms with Crippen LogP contribution in [-0.2, 0) is 33.6 Å². The Morgan fingerprint density at radius 3 is 1.56 bits per heavy atom. The van der Waals surface area contributed by atoms with Crippen LogP contribution < -0.4 is 33.2 Å². The molecular weight excluding hydrogens is 460 g/mol. The molecule has 0 aliphatic heterocycles. The number of nitrogens with one attached hydrogen (secondary N) is 3. The third kappa shape index (κ3) is 12.3. The zero-order valence-corrected chi connectivity index (χ0v) is 18.2.